The Hall–Kier alpha value is -4.97. The van der Waals surface area contributed by atoms with Crippen LogP contribution in [0.4, 0.5) is 5.82 Å². The lowest BCUT2D eigenvalue weighted by atomic mass is 9.78. The summed E-state index contributed by atoms with van der Waals surface area (Å²) in [5.41, 5.74) is 17.4. The van der Waals surface area contributed by atoms with Crippen LogP contribution in [0.3, 0.4) is 0 Å². The summed E-state index contributed by atoms with van der Waals surface area (Å²) in [6.07, 6.45) is 5.91. The SMILES string of the molecule is CC(=O)c1c(C2(N)CC3CCC(C2)N3C(=O)c2n[nH]c(C)n2)nc2c(-c3ccc(-c4ccccc4)nc3)cnn2c1N. The van der Waals surface area contributed by atoms with E-state index in [1.807, 2.05) is 47.4 Å². The van der Waals surface area contributed by atoms with E-state index in [4.69, 9.17) is 16.5 Å². The second-order valence-corrected chi connectivity index (χ2v) is 11.3. The monoisotopic (exact) mass is 562 g/mol. The molecule has 42 heavy (non-hydrogen) atoms. The summed E-state index contributed by atoms with van der Waals surface area (Å²) >= 11 is 0. The molecule has 1 aromatic carbocycles. The number of hydrogen-bond donors (Lipinski definition) is 3. The summed E-state index contributed by atoms with van der Waals surface area (Å²) in [7, 11) is 0. The van der Waals surface area contributed by atoms with Gasteiger partial charge in [0.25, 0.3) is 5.91 Å². The largest absolute Gasteiger partial charge is 0.383 e. The van der Waals surface area contributed by atoms with Gasteiger partial charge in [-0.25, -0.2) is 9.97 Å². The Morgan fingerprint density at radius 2 is 1.74 bits per heavy atom. The minimum Gasteiger partial charge on any atom is -0.383 e. The number of ketones is 1. The van der Waals surface area contributed by atoms with Gasteiger partial charge in [-0.3, -0.25) is 19.7 Å². The molecule has 5 N–H and O–H groups in total. The molecule has 0 spiro atoms. The molecule has 1 amide bonds. The lowest BCUT2D eigenvalue weighted by molar-refractivity contribution is 0.0461. The van der Waals surface area contributed by atoms with E-state index in [0.29, 0.717) is 30.0 Å². The van der Waals surface area contributed by atoms with Gasteiger partial charge in [-0.05, 0) is 45.6 Å². The molecule has 2 unspecified atom stereocenters. The Kier molecular flexibility index (Phi) is 5.91. The number of nitrogen functional groups attached to an aromatic ring is 1. The van der Waals surface area contributed by atoms with Crippen molar-refractivity contribution < 1.29 is 9.59 Å². The van der Waals surface area contributed by atoms with Crippen LogP contribution in [0, 0.1) is 6.92 Å². The van der Waals surface area contributed by atoms with E-state index < -0.39 is 5.54 Å². The summed E-state index contributed by atoms with van der Waals surface area (Å²) < 4.78 is 1.49. The fourth-order valence-corrected chi connectivity index (χ4v) is 6.62. The summed E-state index contributed by atoms with van der Waals surface area (Å²) in [6.45, 7) is 3.22. The molecule has 0 saturated carbocycles. The topological polar surface area (TPSA) is 174 Å². The number of hydrogen-bond acceptors (Lipinski definition) is 9. The first-order chi connectivity index (χ1) is 20.2. The van der Waals surface area contributed by atoms with Crippen molar-refractivity contribution in [3.05, 3.63) is 77.8 Å². The van der Waals surface area contributed by atoms with Crippen LogP contribution in [-0.4, -0.2) is 63.4 Å². The first kappa shape index (κ1) is 26.0. The van der Waals surface area contributed by atoms with Crippen molar-refractivity contribution in [3.63, 3.8) is 0 Å². The number of benzene rings is 1. The number of aromatic amines is 1. The highest BCUT2D eigenvalue weighted by atomic mass is 16.2. The predicted molar refractivity (Wildman–Crippen MR) is 155 cm³/mol. The number of aryl methyl sites for hydroxylation is 1. The molecule has 2 atom stereocenters. The number of rotatable bonds is 5. The van der Waals surface area contributed by atoms with E-state index in [2.05, 4.69) is 25.3 Å². The smallest absolute Gasteiger partial charge is 0.294 e. The minimum absolute atomic E-state index is 0.141. The number of nitrogens with zero attached hydrogens (tertiary/aromatic N) is 7. The second-order valence-electron chi connectivity index (χ2n) is 11.3. The number of fused-ring (bicyclic) bond motifs is 3. The minimum atomic E-state index is -0.981. The molecule has 7 rings (SSSR count). The van der Waals surface area contributed by atoms with Gasteiger partial charge in [0, 0.05) is 35.0 Å². The number of piperidine rings is 1. The first-order valence-electron chi connectivity index (χ1n) is 13.9. The first-order valence-corrected chi connectivity index (χ1v) is 13.9. The van der Waals surface area contributed by atoms with Crippen molar-refractivity contribution in [1.82, 2.24) is 39.7 Å². The van der Waals surface area contributed by atoms with Crippen molar-refractivity contribution in [2.45, 2.75) is 57.2 Å². The van der Waals surface area contributed by atoms with Crippen molar-refractivity contribution in [2.24, 2.45) is 5.73 Å². The second kappa shape index (κ2) is 9.55. The Bertz CT molecular complexity index is 1830. The zero-order chi connectivity index (χ0) is 29.2. The number of carbonyl (C=O) groups is 2. The highest BCUT2D eigenvalue weighted by Crippen LogP contribution is 2.46. The number of nitrogens with one attached hydrogen (secondary N) is 1. The molecule has 0 radical (unpaired) electrons. The molecular formula is C30H30N10O2. The Morgan fingerprint density at radius 1 is 1.00 bits per heavy atom. The molecule has 5 aromatic rings. The van der Waals surface area contributed by atoms with E-state index in [0.717, 1.165) is 35.2 Å². The van der Waals surface area contributed by atoms with Crippen LogP contribution in [0.25, 0.3) is 28.0 Å². The van der Waals surface area contributed by atoms with Gasteiger partial charge in [0.15, 0.2) is 11.4 Å². The van der Waals surface area contributed by atoms with Crippen molar-refractivity contribution in [1.29, 1.82) is 0 Å². The molecule has 2 saturated heterocycles. The molecule has 0 aliphatic carbocycles. The maximum Gasteiger partial charge on any atom is 0.294 e. The van der Waals surface area contributed by atoms with Gasteiger partial charge in [-0.2, -0.15) is 9.61 Å². The lowest BCUT2D eigenvalue weighted by Gasteiger charge is -2.44. The number of pyridine rings is 1. The predicted octanol–water partition coefficient (Wildman–Crippen LogP) is 3.29. The van der Waals surface area contributed by atoms with E-state index in [-0.39, 0.29) is 41.0 Å². The van der Waals surface area contributed by atoms with Gasteiger partial charge in [0.05, 0.1) is 28.7 Å². The van der Waals surface area contributed by atoms with Crippen molar-refractivity contribution >= 4 is 23.2 Å². The maximum absolute atomic E-state index is 13.3. The van der Waals surface area contributed by atoms with Crippen LogP contribution < -0.4 is 11.5 Å². The number of anilines is 1. The van der Waals surface area contributed by atoms with Crippen LogP contribution in [-0.2, 0) is 5.54 Å². The van der Waals surface area contributed by atoms with E-state index in [1.54, 1.807) is 19.3 Å². The third-order valence-corrected chi connectivity index (χ3v) is 8.49. The fraction of sp³-hybridized carbons (Fsp3) is 0.300. The molecule has 2 fully saturated rings. The Balaban J connectivity index is 1.28. The van der Waals surface area contributed by atoms with Crippen molar-refractivity contribution in [2.75, 3.05) is 5.73 Å². The van der Waals surface area contributed by atoms with Gasteiger partial charge >= 0.3 is 0 Å². The van der Waals surface area contributed by atoms with Gasteiger partial charge < -0.3 is 16.4 Å². The lowest BCUT2D eigenvalue weighted by Crippen LogP contribution is -2.56. The molecule has 212 valence electrons. The highest BCUT2D eigenvalue weighted by Gasteiger charge is 2.51. The van der Waals surface area contributed by atoms with Crippen LogP contribution in [0.15, 0.2) is 54.9 Å². The number of nitrogens with two attached hydrogens (primary N) is 2. The van der Waals surface area contributed by atoms with Crippen LogP contribution in [0.5, 0.6) is 0 Å². The van der Waals surface area contributed by atoms with Gasteiger partial charge in [-0.1, -0.05) is 36.4 Å². The number of carbonyl (C=O) groups excluding carboxylic acids is 2. The highest BCUT2D eigenvalue weighted by molar-refractivity contribution is 6.00. The Morgan fingerprint density at radius 3 is 2.36 bits per heavy atom. The van der Waals surface area contributed by atoms with Gasteiger partial charge in [0.2, 0.25) is 5.82 Å². The molecule has 6 heterocycles. The van der Waals surface area contributed by atoms with Crippen molar-refractivity contribution in [3.8, 4) is 22.4 Å². The number of amides is 1. The molecule has 2 aliphatic heterocycles. The summed E-state index contributed by atoms with van der Waals surface area (Å²) in [5, 5.41) is 11.3. The van der Waals surface area contributed by atoms with Crippen LogP contribution in [0.2, 0.25) is 0 Å². The quantitative estimate of drug-likeness (QED) is 0.272. The standard InChI is InChI=1S/C30H30N10O2/c1-16(41)24-25(30(32)12-20-9-10-21(13-30)39(20)29(42)27-35-17(2)37-38-27)36-28-22(15-34-40(28)26(24)31)19-8-11-23(33-14-19)18-6-4-3-5-7-18/h3-8,11,14-15,20-21H,9-10,12-13,31-32H2,1-2H3,(H,35,37,38). The summed E-state index contributed by atoms with van der Waals surface area (Å²) in [6, 6.07) is 13.6. The number of aromatic nitrogens is 7. The zero-order valence-corrected chi connectivity index (χ0v) is 23.3. The summed E-state index contributed by atoms with van der Waals surface area (Å²) in [4.78, 5) is 42.1. The molecule has 12 nitrogen and oxygen atoms in total. The molecule has 2 bridgehead atoms. The zero-order valence-electron chi connectivity index (χ0n) is 23.3. The average Bonchev–Trinajstić information content (AvgIpc) is 3.69. The summed E-state index contributed by atoms with van der Waals surface area (Å²) in [5.74, 6) is 0.465. The normalized spacial score (nSPS) is 21.6. The molecule has 12 heteroatoms. The average molecular weight is 563 g/mol. The van der Waals surface area contributed by atoms with Crippen LogP contribution in [0.1, 0.15) is 65.1 Å². The maximum atomic E-state index is 13.3. The van der Waals surface area contributed by atoms with Crippen LogP contribution >= 0.6 is 0 Å². The van der Waals surface area contributed by atoms with E-state index >= 15 is 0 Å². The number of H-pyrrole nitrogens is 1. The third-order valence-electron chi connectivity index (χ3n) is 8.49. The molecular weight excluding hydrogens is 532 g/mol. The molecule has 2 aliphatic rings. The molecule has 4 aromatic heterocycles. The Labute approximate surface area is 241 Å². The van der Waals surface area contributed by atoms with Gasteiger partial charge in [0.1, 0.15) is 11.6 Å². The van der Waals surface area contributed by atoms with E-state index in [9.17, 15) is 9.59 Å². The number of Topliss-reactive ketones (excluding diaryl/α,β-unsaturated/α-hetero) is 1. The fourth-order valence-electron chi connectivity index (χ4n) is 6.62. The third kappa shape index (κ3) is 4.05. The van der Waals surface area contributed by atoms with E-state index in [1.165, 1.54) is 11.4 Å². The van der Waals surface area contributed by atoms with Gasteiger partial charge in [-0.15, -0.1) is 5.10 Å².